The van der Waals surface area contributed by atoms with E-state index in [0.29, 0.717) is 5.75 Å². The summed E-state index contributed by atoms with van der Waals surface area (Å²) in [5.74, 6) is -2.81. The molecular formula is C38H44F3N7O7. The number of carbonyl (C=O) groups excluding carboxylic acids is 3. The molecule has 0 spiro atoms. The average molecular weight is 768 g/mol. The summed E-state index contributed by atoms with van der Waals surface area (Å²) < 4.78 is 60.4. The largest absolute Gasteiger partial charge is 0.497 e. The quantitative estimate of drug-likeness (QED) is 0.219. The maximum atomic E-state index is 14.6. The molecule has 2 heterocycles. The van der Waals surface area contributed by atoms with Crippen LogP contribution in [0, 0.1) is 17.5 Å². The molecule has 1 unspecified atom stereocenters. The van der Waals surface area contributed by atoms with Crippen LogP contribution in [0.5, 0.6) is 11.5 Å². The van der Waals surface area contributed by atoms with Gasteiger partial charge in [0.25, 0.3) is 5.56 Å². The second-order valence-electron chi connectivity index (χ2n) is 14.4. The standard InChI is InChI=1S/C38H44F3N7O7/c1-22(47(30-14-13-25(53-7)19-31(30)54-8)35(51)42-24-11-9-23(39)10-12-24)32-43-29-21-28(41)27(40)20-26(29)33(49)48(32)46-17-15-45(16-18-46)34(50)38(5,6)44-36(52)55-37(2,3)4/h9-14,19-22H,15-18H2,1-8H3,(H,42,51)(H,44,52). The van der Waals surface area contributed by atoms with Gasteiger partial charge >= 0.3 is 12.1 Å². The molecule has 1 saturated heterocycles. The van der Waals surface area contributed by atoms with Gasteiger partial charge in [0, 0.05) is 30.9 Å². The first-order valence-electron chi connectivity index (χ1n) is 17.4. The molecular weight excluding hydrogens is 723 g/mol. The van der Waals surface area contributed by atoms with Crippen LogP contribution in [-0.4, -0.2) is 84.1 Å². The zero-order chi connectivity index (χ0) is 40.4. The number of hydrogen-bond donors (Lipinski definition) is 2. The van der Waals surface area contributed by atoms with E-state index in [1.54, 1.807) is 64.8 Å². The highest BCUT2D eigenvalue weighted by Gasteiger charge is 2.38. The normalized spacial score (nSPS) is 13.9. The molecule has 1 atom stereocenters. The molecule has 1 aromatic heterocycles. The lowest BCUT2D eigenvalue weighted by Crippen LogP contribution is -2.62. The monoisotopic (exact) mass is 767 g/mol. The molecule has 0 saturated carbocycles. The Morgan fingerprint density at radius 3 is 2.11 bits per heavy atom. The lowest BCUT2D eigenvalue weighted by atomic mass is 10.0. The first-order valence-corrected chi connectivity index (χ1v) is 17.4. The van der Waals surface area contributed by atoms with Crippen molar-refractivity contribution in [1.29, 1.82) is 0 Å². The van der Waals surface area contributed by atoms with Crippen molar-refractivity contribution in [2.45, 2.75) is 58.7 Å². The number of nitrogens with one attached hydrogen (secondary N) is 2. The van der Waals surface area contributed by atoms with E-state index in [1.165, 1.54) is 53.0 Å². The molecule has 0 radical (unpaired) electrons. The van der Waals surface area contributed by atoms with Crippen LogP contribution in [0.4, 0.5) is 34.1 Å². The number of aromatic nitrogens is 2. The minimum absolute atomic E-state index is 0.0395. The Labute approximate surface area is 315 Å². The van der Waals surface area contributed by atoms with E-state index in [2.05, 4.69) is 15.6 Å². The molecule has 294 valence electrons. The van der Waals surface area contributed by atoms with E-state index in [1.807, 2.05) is 0 Å². The fourth-order valence-corrected chi connectivity index (χ4v) is 6.15. The Balaban J connectivity index is 1.57. The second-order valence-corrected chi connectivity index (χ2v) is 14.4. The van der Waals surface area contributed by atoms with Gasteiger partial charge in [0.15, 0.2) is 17.5 Å². The van der Waals surface area contributed by atoms with Gasteiger partial charge in [-0.05, 0) is 84.0 Å². The molecule has 0 bridgehead atoms. The van der Waals surface area contributed by atoms with E-state index < -0.39 is 58.2 Å². The Morgan fingerprint density at radius 2 is 1.51 bits per heavy atom. The summed E-state index contributed by atoms with van der Waals surface area (Å²) in [5.41, 5.74) is -2.57. The Morgan fingerprint density at radius 1 is 0.873 bits per heavy atom. The summed E-state index contributed by atoms with van der Waals surface area (Å²) >= 11 is 0. The van der Waals surface area contributed by atoms with Gasteiger partial charge in [-0.2, -0.15) is 0 Å². The number of halogens is 3. The van der Waals surface area contributed by atoms with Crippen LogP contribution >= 0.6 is 0 Å². The molecule has 4 aromatic rings. The number of piperazine rings is 1. The van der Waals surface area contributed by atoms with Gasteiger partial charge in [0.2, 0.25) is 5.91 Å². The van der Waals surface area contributed by atoms with Crippen molar-refractivity contribution in [3.05, 3.63) is 88.2 Å². The maximum absolute atomic E-state index is 14.6. The number of amides is 4. The highest BCUT2D eigenvalue weighted by molar-refractivity contribution is 6.03. The van der Waals surface area contributed by atoms with Crippen LogP contribution < -0.4 is 35.6 Å². The second kappa shape index (κ2) is 15.8. The number of methoxy groups -OCH3 is 2. The summed E-state index contributed by atoms with van der Waals surface area (Å²) in [4.78, 5) is 62.2. The van der Waals surface area contributed by atoms with Crippen molar-refractivity contribution in [1.82, 2.24) is 19.9 Å². The third-order valence-corrected chi connectivity index (χ3v) is 8.81. The summed E-state index contributed by atoms with van der Waals surface area (Å²) in [5, 5.41) is 6.73. The van der Waals surface area contributed by atoms with Gasteiger partial charge < -0.3 is 34.8 Å². The number of benzene rings is 3. The van der Waals surface area contributed by atoms with Gasteiger partial charge in [-0.15, -0.1) is 0 Å². The van der Waals surface area contributed by atoms with E-state index in [-0.39, 0.29) is 60.0 Å². The SMILES string of the molecule is COc1ccc(N(C(=O)Nc2ccc(F)cc2)C(C)c2nc3cc(F)c(F)cc3c(=O)n2N2CCN(C(=O)C(C)(C)NC(=O)OC(C)(C)C)CC2)c(OC)c1. The molecule has 17 heteroatoms. The van der Waals surface area contributed by atoms with Crippen LogP contribution in [0.2, 0.25) is 0 Å². The van der Waals surface area contributed by atoms with Crippen molar-refractivity contribution in [3.8, 4) is 11.5 Å². The lowest BCUT2D eigenvalue weighted by Gasteiger charge is -2.41. The average Bonchev–Trinajstić information content (AvgIpc) is 3.12. The molecule has 1 fully saturated rings. The summed E-state index contributed by atoms with van der Waals surface area (Å²) in [6, 6.07) is 9.51. The highest BCUT2D eigenvalue weighted by Crippen LogP contribution is 2.37. The van der Waals surface area contributed by atoms with Gasteiger partial charge in [-0.25, -0.2) is 32.4 Å². The van der Waals surface area contributed by atoms with Crippen LogP contribution in [0.3, 0.4) is 0 Å². The number of fused-ring (bicyclic) bond motifs is 1. The van der Waals surface area contributed by atoms with Crippen molar-refractivity contribution in [2.24, 2.45) is 0 Å². The minimum atomic E-state index is -1.34. The molecule has 0 aliphatic carbocycles. The van der Waals surface area contributed by atoms with Crippen LogP contribution in [0.25, 0.3) is 10.9 Å². The molecule has 2 N–H and O–H groups in total. The smallest absolute Gasteiger partial charge is 0.408 e. The molecule has 1 aliphatic rings. The number of carbonyl (C=O) groups is 3. The zero-order valence-corrected chi connectivity index (χ0v) is 31.8. The topological polar surface area (TPSA) is 148 Å². The van der Waals surface area contributed by atoms with Crippen molar-refractivity contribution < 1.29 is 41.8 Å². The highest BCUT2D eigenvalue weighted by atomic mass is 19.2. The third kappa shape index (κ3) is 8.87. The fraction of sp³-hybridized carbons (Fsp3) is 0.395. The van der Waals surface area contributed by atoms with Crippen molar-refractivity contribution in [3.63, 3.8) is 0 Å². The zero-order valence-electron chi connectivity index (χ0n) is 31.8. The molecule has 55 heavy (non-hydrogen) atoms. The number of anilines is 2. The van der Waals surface area contributed by atoms with Gasteiger partial charge in [0.1, 0.15) is 28.5 Å². The molecule has 14 nitrogen and oxygen atoms in total. The lowest BCUT2D eigenvalue weighted by molar-refractivity contribution is -0.137. The first-order chi connectivity index (χ1) is 25.8. The molecule has 3 aromatic carbocycles. The van der Waals surface area contributed by atoms with E-state index in [4.69, 9.17) is 14.2 Å². The Kier molecular flexibility index (Phi) is 11.5. The fourth-order valence-electron chi connectivity index (χ4n) is 6.15. The number of ether oxygens (including phenoxy) is 3. The van der Waals surface area contributed by atoms with Crippen LogP contribution in [-0.2, 0) is 9.53 Å². The van der Waals surface area contributed by atoms with Gasteiger partial charge in [-0.3, -0.25) is 14.5 Å². The number of rotatable bonds is 9. The third-order valence-electron chi connectivity index (χ3n) is 8.81. The number of alkyl carbamates (subject to hydrolysis) is 1. The Hall–Kier alpha value is -6.00. The molecule has 5 rings (SSSR count). The van der Waals surface area contributed by atoms with E-state index in [9.17, 15) is 32.3 Å². The summed E-state index contributed by atoms with van der Waals surface area (Å²) in [6.07, 6.45) is -0.762. The first kappa shape index (κ1) is 40.2. The minimum Gasteiger partial charge on any atom is -0.497 e. The van der Waals surface area contributed by atoms with Crippen molar-refractivity contribution >= 4 is 40.3 Å². The van der Waals surface area contributed by atoms with Gasteiger partial charge in [0.05, 0.1) is 49.9 Å². The predicted octanol–water partition coefficient (Wildman–Crippen LogP) is 5.71. The van der Waals surface area contributed by atoms with Crippen LogP contribution in [0.15, 0.2) is 59.4 Å². The summed E-state index contributed by atoms with van der Waals surface area (Å²) in [6.45, 7) is 10.1. The predicted molar refractivity (Wildman–Crippen MR) is 200 cm³/mol. The van der Waals surface area contributed by atoms with Crippen LogP contribution in [0.1, 0.15) is 53.4 Å². The van der Waals surface area contributed by atoms with Gasteiger partial charge in [-0.1, -0.05) is 0 Å². The number of nitrogens with zero attached hydrogens (tertiary/aromatic N) is 5. The number of urea groups is 1. The Bertz CT molecular complexity index is 2150. The molecule has 4 amide bonds. The summed E-state index contributed by atoms with van der Waals surface area (Å²) in [7, 11) is 2.85. The molecule has 1 aliphatic heterocycles. The number of hydrogen-bond acceptors (Lipinski definition) is 9. The maximum Gasteiger partial charge on any atom is 0.408 e. The van der Waals surface area contributed by atoms with Crippen molar-refractivity contribution in [2.75, 3.05) is 55.6 Å². The van der Waals surface area contributed by atoms with E-state index >= 15 is 0 Å². The van der Waals surface area contributed by atoms with E-state index in [0.717, 1.165) is 12.1 Å².